The summed E-state index contributed by atoms with van der Waals surface area (Å²) in [5.74, 6) is 0. The number of fused-ring (bicyclic) bond motifs is 7. The van der Waals surface area contributed by atoms with Crippen molar-refractivity contribution >= 4 is 50.0 Å². The maximum Gasteiger partial charge on any atom is 0.0542 e. The molecule has 0 aliphatic heterocycles. The van der Waals surface area contributed by atoms with Gasteiger partial charge in [0, 0.05) is 44.4 Å². The summed E-state index contributed by atoms with van der Waals surface area (Å²) in [5, 5.41) is 2.44. The van der Waals surface area contributed by atoms with Crippen molar-refractivity contribution in [1.29, 1.82) is 0 Å². The first kappa shape index (κ1) is 38.0. The van der Waals surface area contributed by atoms with Gasteiger partial charge in [-0.3, -0.25) is 0 Å². The van der Waals surface area contributed by atoms with E-state index in [0.717, 1.165) is 22.7 Å². The molecule has 0 saturated carbocycles. The van der Waals surface area contributed by atoms with Gasteiger partial charge in [0.05, 0.1) is 11.0 Å². The van der Waals surface area contributed by atoms with Crippen LogP contribution in [-0.4, -0.2) is 4.57 Å². The molecule has 9 aromatic carbocycles. The van der Waals surface area contributed by atoms with Crippen molar-refractivity contribution in [3.63, 3.8) is 0 Å². The van der Waals surface area contributed by atoms with Gasteiger partial charge in [-0.15, -0.1) is 0 Å². The summed E-state index contributed by atoms with van der Waals surface area (Å²) in [6.45, 7) is 9.67. The van der Waals surface area contributed by atoms with Gasteiger partial charge >= 0.3 is 0 Å². The van der Waals surface area contributed by atoms with Crippen LogP contribution in [0, 0.1) is 0 Å². The molecule has 0 bridgehead atoms. The minimum absolute atomic E-state index is 0.0919. The van der Waals surface area contributed by atoms with E-state index in [4.69, 9.17) is 0 Å². The fourth-order valence-electron chi connectivity index (χ4n) is 11.1. The van der Waals surface area contributed by atoms with Crippen LogP contribution in [0.2, 0.25) is 0 Å². The van der Waals surface area contributed by atoms with Crippen molar-refractivity contribution in [2.75, 3.05) is 4.90 Å². The zero-order chi connectivity index (χ0) is 43.2. The SMILES string of the molecule is CC1(C)C2=C(c3ccccc31)C(C)(C)c1cc(N(c3cc(-c4ccccc4)cc(-c4ccccc4)c3)c3ccc4c(c3)c3ccccc3n4-c3ccc(-c4ccccc4)cc3)ccc12. The van der Waals surface area contributed by atoms with Crippen LogP contribution in [0.5, 0.6) is 0 Å². The van der Waals surface area contributed by atoms with Gasteiger partial charge < -0.3 is 9.47 Å². The molecule has 0 fully saturated rings. The van der Waals surface area contributed by atoms with Crippen LogP contribution in [-0.2, 0) is 10.8 Å². The highest BCUT2D eigenvalue weighted by Crippen LogP contribution is 2.63. The smallest absolute Gasteiger partial charge is 0.0542 e. The standard InChI is InChI=1S/C62H48N2/c1-61(2)55-26-16-14-25-52(55)59-60(61)53-34-32-49(40-56(53)62(59,3)4)63(50-37-45(42-20-10-6-11-21-42)36-46(38-50)43-22-12-7-13-23-43)48-33-35-58-54(39-48)51-24-15-17-27-57(51)64(58)47-30-28-44(29-31-47)41-18-8-5-9-19-41/h5-40H,1-4H3. The number of benzene rings is 9. The summed E-state index contributed by atoms with van der Waals surface area (Å²) in [7, 11) is 0. The number of aromatic nitrogens is 1. The zero-order valence-electron chi connectivity index (χ0n) is 36.7. The van der Waals surface area contributed by atoms with Crippen LogP contribution in [0.1, 0.15) is 49.9 Å². The number of anilines is 3. The van der Waals surface area contributed by atoms with Crippen LogP contribution in [0.15, 0.2) is 218 Å². The number of nitrogens with zero attached hydrogens (tertiary/aromatic N) is 2. The third-order valence-electron chi connectivity index (χ3n) is 14.1. The van der Waals surface area contributed by atoms with Crippen LogP contribution in [0.4, 0.5) is 17.1 Å². The van der Waals surface area contributed by atoms with Crippen molar-refractivity contribution in [3.8, 4) is 39.1 Å². The number of rotatable bonds is 7. The fourth-order valence-corrected chi connectivity index (χ4v) is 11.1. The molecule has 12 rings (SSSR count). The zero-order valence-corrected chi connectivity index (χ0v) is 36.7. The van der Waals surface area contributed by atoms with Crippen LogP contribution >= 0.6 is 0 Å². The molecule has 2 aliphatic carbocycles. The number of hydrogen-bond donors (Lipinski definition) is 0. The van der Waals surface area contributed by atoms with Gasteiger partial charge in [0.1, 0.15) is 0 Å². The first-order chi connectivity index (χ1) is 31.3. The first-order valence-corrected chi connectivity index (χ1v) is 22.5. The van der Waals surface area contributed by atoms with Gasteiger partial charge in [-0.05, 0) is 134 Å². The summed E-state index contributed by atoms with van der Waals surface area (Å²) >= 11 is 0. The Hall–Kier alpha value is -7.68. The maximum atomic E-state index is 2.50. The normalized spacial score (nSPS) is 14.4. The summed E-state index contributed by atoms with van der Waals surface area (Å²) < 4.78 is 2.42. The molecule has 0 amide bonds. The van der Waals surface area contributed by atoms with E-state index >= 15 is 0 Å². The second-order valence-electron chi connectivity index (χ2n) is 18.6. The predicted octanol–water partition coefficient (Wildman–Crippen LogP) is 16.7. The summed E-state index contributed by atoms with van der Waals surface area (Å²) in [6, 6.07) is 80.5. The van der Waals surface area contributed by atoms with E-state index < -0.39 is 0 Å². The van der Waals surface area contributed by atoms with E-state index in [1.807, 2.05) is 0 Å². The molecule has 0 radical (unpaired) electrons. The molecule has 0 atom stereocenters. The summed E-state index contributed by atoms with van der Waals surface area (Å²) in [4.78, 5) is 2.50. The average molecular weight is 821 g/mol. The highest BCUT2D eigenvalue weighted by Gasteiger charge is 2.49. The summed E-state index contributed by atoms with van der Waals surface area (Å²) in [5.41, 5.74) is 22.3. The lowest BCUT2D eigenvalue weighted by atomic mass is 9.75. The van der Waals surface area contributed by atoms with E-state index in [-0.39, 0.29) is 10.8 Å². The second kappa shape index (κ2) is 14.4. The van der Waals surface area contributed by atoms with Gasteiger partial charge in [0.2, 0.25) is 0 Å². The van der Waals surface area contributed by atoms with Crippen molar-refractivity contribution in [2.24, 2.45) is 0 Å². The van der Waals surface area contributed by atoms with E-state index in [1.165, 1.54) is 88.6 Å². The largest absolute Gasteiger partial charge is 0.310 e. The number of allylic oxidation sites excluding steroid dienone is 2. The maximum absolute atomic E-state index is 2.50. The van der Waals surface area contributed by atoms with E-state index in [9.17, 15) is 0 Å². The van der Waals surface area contributed by atoms with Crippen molar-refractivity contribution < 1.29 is 0 Å². The van der Waals surface area contributed by atoms with E-state index in [2.05, 4.69) is 256 Å². The molecule has 0 N–H and O–H groups in total. The van der Waals surface area contributed by atoms with Gasteiger partial charge in [-0.25, -0.2) is 0 Å². The van der Waals surface area contributed by atoms with Crippen LogP contribution < -0.4 is 4.90 Å². The third kappa shape index (κ3) is 5.86. The van der Waals surface area contributed by atoms with Crippen LogP contribution in [0.3, 0.4) is 0 Å². The van der Waals surface area contributed by atoms with Crippen LogP contribution in [0.25, 0.3) is 72.0 Å². The fraction of sp³-hybridized carbons (Fsp3) is 0.0968. The predicted molar refractivity (Wildman–Crippen MR) is 271 cm³/mol. The Balaban J connectivity index is 1.07. The molecule has 2 nitrogen and oxygen atoms in total. The second-order valence-corrected chi connectivity index (χ2v) is 18.6. The molecule has 0 unspecified atom stereocenters. The monoisotopic (exact) mass is 820 g/mol. The molecular weight excluding hydrogens is 773 g/mol. The Kier molecular flexibility index (Phi) is 8.58. The minimum Gasteiger partial charge on any atom is -0.310 e. The summed E-state index contributed by atoms with van der Waals surface area (Å²) in [6.07, 6.45) is 0. The molecule has 0 saturated heterocycles. The topological polar surface area (TPSA) is 8.17 Å². The Morgan fingerprint density at radius 1 is 0.328 bits per heavy atom. The molecular formula is C62H48N2. The van der Waals surface area contributed by atoms with Gasteiger partial charge in [-0.2, -0.15) is 0 Å². The Labute approximate surface area is 376 Å². The Morgan fingerprint density at radius 3 is 1.47 bits per heavy atom. The lowest BCUT2D eigenvalue weighted by Gasteiger charge is -2.31. The van der Waals surface area contributed by atoms with E-state index in [1.54, 1.807) is 0 Å². The number of para-hydroxylation sites is 1. The van der Waals surface area contributed by atoms with Crippen molar-refractivity contribution in [2.45, 2.75) is 38.5 Å². The van der Waals surface area contributed by atoms with E-state index in [0.29, 0.717) is 0 Å². The highest BCUT2D eigenvalue weighted by molar-refractivity contribution is 6.12. The average Bonchev–Trinajstić information content (AvgIpc) is 3.90. The molecule has 306 valence electrons. The molecule has 0 spiro atoms. The molecule has 2 aliphatic rings. The number of hydrogen-bond acceptors (Lipinski definition) is 1. The Morgan fingerprint density at radius 2 is 0.812 bits per heavy atom. The van der Waals surface area contributed by atoms with Gasteiger partial charge in [0.25, 0.3) is 0 Å². The van der Waals surface area contributed by atoms with Crippen molar-refractivity contribution in [3.05, 3.63) is 241 Å². The molecule has 64 heavy (non-hydrogen) atoms. The molecule has 10 aromatic rings. The molecule has 1 aromatic heterocycles. The Bertz CT molecular complexity index is 3400. The molecule has 1 heterocycles. The third-order valence-corrected chi connectivity index (χ3v) is 14.1. The lowest BCUT2D eigenvalue weighted by molar-refractivity contribution is 0.694. The highest BCUT2D eigenvalue weighted by atomic mass is 15.1. The molecule has 2 heteroatoms. The van der Waals surface area contributed by atoms with Gasteiger partial charge in [0.15, 0.2) is 0 Å². The van der Waals surface area contributed by atoms with Gasteiger partial charge in [-0.1, -0.05) is 179 Å². The minimum atomic E-state index is -0.190. The quantitative estimate of drug-likeness (QED) is 0.155. The van der Waals surface area contributed by atoms with Crippen molar-refractivity contribution in [1.82, 2.24) is 4.57 Å². The first-order valence-electron chi connectivity index (χ1n) is 22.5. The lowest BCUT2D eigenvalue weighted by Crippen LogP contribution is -2.20.